The summed E-state index contributed by atoms with van der Waals surface area (Å²) < 4.78 is 7.02. The number of amides is 1. The molecule has 2 heterocycles. The highest BCUT2D eigenvalue weighted by atomic mass is 16.5. The van der Waals surface area contributed by atoms with Crippen LogP contribution in [0.3, 0.4) is 0 Å². The summed E-state index contributed by atoms with van der Waals surface area (Å²) in [6, 6.07) is 3.63. The van der Waals surface area contributed by atoms with Crippen molar-refractivity contribution in [2.45, 2.75) is 13.3 Å². The van der Waals surface area contributed by atoms with Crippen LogP contribution in [0.2, 0.25) is 0 Å². The van der Waals surface area contributed by atoms with E-state index >= 15 is 0 Å². The molecule has 6 heteroatoms. The van der Waals surface area contributed by atoms with Crippen LogP contribution in [0.25, 0.3) is 5.65 Å². The molecule has 108 valence electrons. The van der Waals surface area contributed by atoms with Crippen molar-refractivity contribution in [3.63, 3.8) is 0 Å². The maximum absolute atomic E-state index is 12.5. The van der Waals surface area contributed by atoms with Gasteiger partial charge in [-0.05, 0) is 18.6 Å². The minimum absolute atomic E-state index is 0.0657. The Hall–Kier alpha value is -2.08. The molecule has 0 fully saturated rings. The molecule has 0 atom stereocenters. The van der Waals surface area contributed by atoms with Gasteiger partial charge in [0, 0.05) is 19.8 Å². The number of rotatable bonds is 5. The Morgan fingerprint density at radius 2 is 2.30 bits per heavy atom. The molecular formula is C14H19N3O3. The summed E-state index contributed by atoms with van der Waals surface area (Å²) in [6.07, 6.45) is 2.45. The lowest BCUT2D eigenvalue weighted by atomic mass is 10.2. The third-order valence-corrected chi connectivity index (χ3v) is 3.23. The van der Waals surface area contributed by atoms with Gasteiger partial charge in [0.1, 0.15) is 5.69 Å². The summed E-state index contributed by atoms with van der Waals surface area (Å²) in [5, 5.41) is 8.97. The quantitative estimate of drug-likeness (QED) is 0.884. The Kier molecular flexibility index (Phi) is 4.24. The van der Waals surface area contributed by atoms with Crippen LogP contribution in [0.4, 0.5) is 0 Å². The maximum Gasteiger partial charge on any atom is 0.272 e. The van der Waals surface area contributed by atoms with E-state index in [2.05, 4.69) is 4.98 Å². The van der Waals surface area contributed by atoms with Gasteiger partial charge in [0.15, 0.2) is 11.4 Å². The molecule has 1 N–H and O–H groups in total. The number of likely N-dealkylation sites (N-methyl/N-ethyl adjacent to an activating group) is 1. The average molecular weight is 277 g/mol. The lowest BCUT2D eigenvalue weighted by Gasteiger charge is -2.16. The molecule has 2 aromatic heterocycles. The molecule has 0 spiro atoms. The van der Waals surface area contributed by atoms with E-state index in [0.717, 1.165) is 5.69 Å². The minimum atomic E-state index is -0.156. The number of carbonyl (C=O) groups is 1. The Morgan fingerprint density at radius 3 is 2.90 bits per heavy atom. The van der Waals surface area contributed by atoms with Crippen molar-refractivity contribution in [1.82, 2.24) is 14.3 Å². The summed E-state index contributed by atoms with van der Waals surface area (Å²) >= 11 is 0. The van der Waals surface area contributed by atoms with E-state index in [1.54, 1.807) is 24.8 Å². The number of methoxy groups -OCH3 is 1. The van der Waals surface area contributed by atoms with Crippen LogP contribution >= 0.6 is 0 Å². The van der Waals surface area contributed by atoms with Crippen LogP contribution in [-0.4, -0.2) is 52.6 Å². The Labute approximate surface area is 117 Å². The topological polar surface area (TPSA) is 67.1 Å². The number of aliphatic hydroxyl groups is 1. The van der Waals surface area contributed by atoms with Gasteiger partial charge in [-0.1, -0.05) is 6.92 Å². The highest BCUT2D eigenvalue weighted by Crippen LogP contribution is 2.23. The van der Waals surface area contributed by atoms with E-state index in [1.807, 2.05) is 19.1 Å². The maximum atomic E-state index is 12.5. The molecule has 2 aromatic rings. The predicted octanol–water partition coefficient (Wildman–Crippen LogP) is 0.970. The normalized spacial score (nSPS) is 10.8. The third-order valence-electron chi connectivity index (χ3n) is 3.23. The highest BCUT2D eigenvalue weighted by molar-refractivity contribution is 5.95. The molecule has 6 nitrogen and oxygen atoms in total. The van der Waals surface area contributed by atoms with Crippen molar-refractivity contribution < 1.29 is 14.6 Å². The van der Waals surface area contributed by atoms with Crippen LogP contribution in [0.5, 0.6) is 5.75 Å². The monoisotopic (exact) mass is 277 g/mol. The molecule has 0 aliphatic heterocycles. The van der Waals surface area contributed by atoms with E-state index in [9.17, 15) is 4.79 Å². The predicted molar refractivity (Wildman–Crippen MR) is 75.2 cm³/mol. The standard InChI is InChI=1S/C14H19N3O3/c1-4-10-12(14(19)16(2)8-9-18)17-7-5-6-11(20-3)13(17)15-10/h5-7,18H,4,8-9H2,1-3H3. The van der Waals surface area contributed by atoms with Gasteiger partial charge in [0.2, 0.25) is 0 Å². The highest BCUT2D eigenvalue weighted by Gasteiger charge is 2.22. The number of aromatic nitrogens is 2. The van der Waals surface area contributed by atoms with Crippen LogP contribution in [0, 0.1) is 0 Å². The first-order valence-corrected chi connectivity index (χ1v) is 6.54. The van der Waals surface area contributed by atoms with E-state index in [0.29, 0.717) is 30.1 Å². The molecule has 20 heavy (non-hydrogen) atoms. The molecule has 0 aliphatic carbocycles. The zero-order chi connectivity index (χ0) is 14.7. The molecule has 0 aromatic carbocycles. The van der Waals surface area contributed by atoms with Crippen LogP contribution < -0.4 is 4.74 Å². The van der Waals surface area contributed by atoms with E-state index in [4.69, 9.17) is 9.84 Å². The number of imidazole rings is 1. The summed E-state index contributed by atoms with van der Waals surface area (Å²) in [5.41, 5.74) is 1.88. The summed E-state index contributed by atoms with van der Waals surface area (Å²) in [5.74, 6) is 0.475. The van der Waals surface area contributed by atoms with Crippen molar-refractivity contribution >= 4 is 11.6 Å². The minimum Gasteiger partial charge on any atom is -0.493 e. The van der Waals surface area contributed by atoms with Crippen molar-refractivity contribution in [2.24, 2.45) is 0 Å². The van der Waals surface area contributed by atoms with Crippen LogP contribution in [0.15, 0.2) is 18.3 Å². The zero-order valence-corrected chi connectivity index (χ0v) is 12.0. The first kappa shape index (κ1) is 14.3. The molecule has 0 aliphatic rings. The van der Waals surface area contributed by atoms with Gasteiger partial charge in [-0.2, -0.15) is 0 Å². The Morgan fingerprint density at radius 1 is 1.55 bits per heavy atom. The van der Waals surface area contributed by atoms with E-state index in [-0.39, 0.29) is 12.5 Å². The molecule has 1 amide bonds. The third kappa shape index (κ3) is 2.34. The number of pyridine rings is 1. The Balaban J connectivity index is 2.59. The number of hydrogen-bond acceptors (Lipinski definition) is 4. The lowest BCUT2D eigenvalue weighted by Crippen LogP contribution is -2.31. The number of hydrogen-bond donors (Lipinski definition) is 1. The molecule has 2 rings (SSSR count). The van der Waals surface area contributed by atoms with Gasteiger partial charge >= 0.3 is 0 Å². The number of aliphatic hydroxyl groups excluding tert-OH is 1. The molecule has 0 saturated heterocycles. The first-order chi connectivity index (χ1) is 9.63. The SMILES string of the molecule is CCc1nc2c(OC)cccn2c1C(=O)N(C)CCO. The van der Waals surface area contributed by atoms with Gasteiger partial charge in [-0.15, -0.1) is 0 Å². The van der Waals surface area contributed by atoms with E-state index < -0.39 is 0 Å². The number of aryl methyl sites for hydroxylation is 1. The van der Waals surface area contributed by atoms with Gasteiger partial charge in [-0.25, -0.2) is 4.98 Å². The van der Waals surface area contributed by atoms with Gasteiger partial charge in [-0.3, -0.25) is 9.20 Å². The smallest absolute Gasteiger partial charge is 0.272 e. The second-order valence-corrected chi connectivity index (χ2v) is 4.48. The number of nitrogens with zero attached hydrogens (tertiary/aromatic N) is 3. The average Bonchev–Trinajstić information content (AvgIpc) is 2.84. The fraction of sp³-hybridized carbons (Fsp3) is 0.429. The van der Waals surface area contributed by atoms with Crippen molar-refractivity contribution in [3.05, 3.63) is 29.7 Å². The number of carbonyl (C=O) groups excluding carboxylic acids is 1. The second kappa shape index (κ2) is 5.92. The summed E-state index contributed by atoms with van der Waals surface area (Å²) in [4.78, 5) is 18.5. The largest absolute Gasteiger partial charge is 0.493 e. The fourth-order valence-electron chi connectivity index (χ4n) is 2.15. The van der Waals surface area contributed by atoms with Crippen molar-refractivity contribution in [1.29, 1.82) is 0 Å². The molecule has 0 unspecified atom stereocenters. The van der Waals surface area contributed by atoms with Crippen LogP contribution in [0.1, 0.15) is 23.1 Å². The van der Waals surface area contributed by atoms with Crippen LogP contribution in [-0.2, 0) is 6.42 Å². The second-order valence-electron chi connectivity index (χ2n) is 4.48. The number of fused-ring (bicyclic) bond motifs is 1. The van der Waals surface area contributed by atoms with Gasteiger partial charge in [0.05, 0.1) is 19.4 Å². The zero-order valence-electron chi connectivity index (χ0n) is 12.0. The van der Waals surface area contributed by atoms with Crippen molar-refractivity contribution in [2.75, 3.05) is 27.3 Å². The number of ether oxygens (including phenoxy) is 1. The Bertz CT molecular complexity index is 621. The molecule has 0 bridgehead atoms. The fourth-order valence-corrected chi connectivity index (χ4v) is 2.15. The summed E-state index contributed by atoms with van der Waals surface area (Å²) in [7, 11) is 3.24. The molecule has 0 radical (unpaired) electrons. The summed E-state index contributed by atoms with van der Waals surface area (Å²) in [6.45, 7) is 2.18. The van der Waals surface area contributed by atoms with E-state index in [1.165, 1.54) is 4.90 Å². The van der Waals surface area contributed by atoms with Gasteiger partial charge in [0.25, 0.3) is 5.91 Å². The molecular weight excluding hydrogens is 258 g/mol. The lowest BCUT2D eigenvalue weighted by molar-refractivity contribution is 0.0759. The van der Waals surface area contributed by atoms with Crippen molar-refractivity contribution in [3.8, 4) is 5.75 Å². The molecule has 0 saturated carbocycles. The first-order valence-electron chi connectivity index (χ1n) is 6.54. The van der Waals surface area contributed by atoms with Gasteiger partial charge < -0.3 is 14.7 Å².